The molecule has 2 rings (SSSR count). The van der Waals surface area contributed by atoms with Gasteiger partial charge in [-0.1, -0.05) is 0 Å². The summed E-state index contributed by atoms with van der Waals surface area (Å²) in [5.41, 5.74) is 7.71. The maximum Gasteiger partial charge on any atom is 0.407 e. The van der Waals surface area contributed by atoms with Crippen LogP contribution >= 0.6 is 0 Å². The van der Waals surface area contributed by atoms with Crippen molar-refractivity contribution in [3.05, 3.63) is 24.0 Å². The Morgan fingerprint density at radius 3 is 3.00 bits per heavy atom. The summed E-state index contributed by atoms with van der Waals surface area (Å²) in [6, 6.07) is 4.04. The van der Waals surface area contributed by atoms with Crippen LogP contribution in [-0.4, -0.2) is 37.3 Å². The zero-order valence-corrected chi connectivity index (χ0v) is 11.3. The van der Waals surface area contributed by atoms with Crippen LogP contribution in [0.1, 0.15) is 25.1 Å². The van der Waals surface area contributed by atoms with Crippen molar-refractivity contribution in [3.8, 4) is 0 Å². The number of nitrogens with one attached hydrogen (secondary N) is 1. The van der Waals surface area contributed by atoms with Gasteiger partial charge in [-0.25, -0.2) is 4.79 Å². The summed E-state index contributed by atoms with van der Waals surface area (Å²) in [4.78, 5) is 17.7. The van der Waals surface area contributed by atoms with Gasteiger partial charge in [-0.2, -0.15) is 0 Å². The van der Waals surface area contributed by atoms with Crippen molar-refractivity contribution < 1.29 is 9.53 Å². The second-order valence-electron chi connectivity index (χ2n) is 4.80. The van der Waals surface area contributed by atoms with Gasteiger partial charge in [-0.3, -0.25) is 4.98 Å². The van der Waals surface area contributed by atoms with Crippen molar-refractivity contribution in [1.29, 1.82) is 0 Å². The molecule has 0 saturated carbocycles. The minimum Gasteiger partial charge on any atom is -0.453 e. The first-order valence-corrected chi connectivity index (χ1v) is 6.41. The highest BCUT2D eigenvalue weighted by atomic mass is 16.5. The lowest BCUT2D eigenvalue weighted by molar-refractivity contribution is 0.167. The number of carbonyl (C=O) groups excluding carboxylic acids is 1. The first kappa shape index (κ1) is 13.6. The zero-order chi connectivity index (χ0) is 13.8. The third kappa shape index (κ3) is 3.35. The molecule has 2 heterocycles. The molecule has 0 aliphatic carbocycles. The Labute approximate surface area is 112 Å². The van der Waals surface area contributed by atoms with E-state index >= 15 is 0 Å². The molecular formula is C13H20N4O2. The summed E-state index contributed by atoms with van der Waals surface area (Å²) in [6.07, 6.45) is 2.36. The van der Waals surface area contributed by atoms with Crippen LogP contribution in [0.3, 0.4) is 0 Å². The maximum absolute atomic E-state index is 11.2. The quantitative estimate of drug-likeness (QED) is 0.852. The number of nitrogens with zero attached hydrogens (tertiary/aromatic N) is 2. The molecule has 0 aromatic carbocycles. The number of rotatable bonds is 3. The van der Waals surface area contributed by atoms with Gasteiger partial charge >= 0.3 is 6.09 Å². The van der Waals surface area contributed by atoms with Gasteiger partial charge in [0, 0.05) is 19.1 Å². The van der Waals surface area contributed by atoms with Crippen molar-refractivity contribution in [3.63, 3.8) is 0 Å². The standard InChI is InChI=1S/C13H20N4O2/c1-9(14)12-4-3-11(7-15-12)17-6-5-10(8-17)16-13(18)19-2/h3-4,7,9-10H,5-6,8,14H2,1-2H3,(H,16,18)/t9-,10?/m0/s1. The van der Waals surface area contributed by atoms with E-state index in [-0.39, 0.29) is 18.2 Å². The number of carbonyl (C=O) groups is 1. The Morgan fingerprint density at radius 2 is 2.42 bits per heavy atom. The highest BCUT2D eigenvalue weighted by molar-refractivity contribution is 5.67. The molecule has 1 amide bonds. The summed E-state index contributed by atoms with van der Waals surface area (Å²) in [5, 5.41) is 2.81. The van der Waals surface area contributed by atoms with Gasteiger partial charge in [0.25, 0.3) is 0 Å². The highest BCUT2D eigenvalue weighted by Gasteiger charge is 2.24. The van der Waals surface area contributed by atoms with Gasteiger partial charge in [0.05, 0.1) is 30.7 Å². The minimum absolute atomic E-state index is 0.0543. The number of anilines is 1. The molecule has 1 unspecified atom stereocenters. The van der Waals surface area contributed by atoms with E-state index in [4.69, 9.17) is 5.73 Å². The Morgan fingerprint density at radius 1 is 1.63 bits per heavy atom. The van der Waals surface area contributed by atoms with E-state index in [0.29, 0.717) is 0 Å². The molecule has 19 heavy (non-hydrogen) atoms. The lowest BCUT2D eigenvalue weighted by Gasteiger charge is -2.19. The minimum atomic E-state index is -0.378. The largest absolute Gasteiger partial charge is 0.453 e. The first-order valence-electron chi connectivity index (χ1n) is 6.41. The number of hydrogen-bond donors (Lipinski definition) is 2. The summed E-state index contributed by atoms with van der Waals surface area (Å²) in [6.45, 7) is 3.58. The third-order valence-electron chi connectivity index (χ3n) is 3.30. The maximum atomic E-state index is 11.2. The number of aromatic nitrogens is 1. The van der Waals surface area contributed by atoms with Crippen LogP contribution in [-0.2, 0) is 4.74 Å². The topological polar surface area (TPSA) is 80.5 Å². The number of alkyl carbamates (subject to hydrolysis) is 1. The highest BCUT2D eigenvalue weighted by Crippen LogP contribution is 2.20. The van der Waals surface area contributed by atoms with Gasteiger partial charge in [0.2, 0.25) is 0 Å². The van der Waals surface area contributed by atoms with Crippen LogP contribution in [0, 0.1) is 0 Å². The van der Waals surface area contributed by atoms with E-state index in [9.17, 15) is 4.79 Å². The number of amides is 1. The van der Waals surface area contributed by atoms with Gasteiger partial charge in [-0.05, 0) is 25.5 Å². The van der Waals surface area contributed by atoms with Crippen LogP contribution in [0.5, 0.6) is 0 Å². The predicted octanol–water partition coefficient (Wildman–Crippen LogP) is 1.04. The molecule has 1 aromatic heterocycles. The molecule has 3 N–H and O–H groups in total. The number of hydrogen-bond acceptors (Lipinski definition) is 5. The van der Waals surface area contributed by atoms with Crippen molar-refractivity contribution in [2.45, 2.75) is 25.4 Å². The average molecular weight is 264 g/mol. The molecule has 1 aliphatic heterocycles. The first-order chi connectivity index (χ1) is 9.10. The molecule has 104 valence electrons. The fourth-order valence-corrected chi connectivity index (χ4v) is 2.19. The molecule has 0 bridgehead atoms. The van der Waals surface area contributed by atoms with Crippen molar-refractivity contribution in [1.82, 2.24) is 10.3 Å². The number of pyridine rings is 1. The SMILES string of the molecule is COC(=O)NC1CCN(c2ccc([C@H](C)N)nc2)C1. The average Bonchev–Trinajstić information content (AvgIpc) is 2.87. The third-order valence-corrected chi connectivity index (χ3v) is 3.30. The lowest BCUT2D eigenvalue weighted by Crippen LogP contribution is -2.36. The van der Waals surface area contributed by atoms with Crippen LogP contribution in [0.2, 0.25) is 0 Å². The fourth-order valence-electron chi connectivity index (χ4n) is 2.19. The smallest absolute Gasteiger partial charge is 0.407 e. The second-order valence-corrected chi connectivity index (χ2v) is 4.80. The van der Waals surface area contributed by atoms with Crippen LogP contribution in [0.25, 0.3) is 0 Å². The van der Waals surface area contributed by atoms with Gasteiger partial charge in [0.1, 0.15) is 0 Å². The summed E-state index contributed by atoms with van der Waals surface area (Å²) in [5.74, 6) is 0. The molecule has 1 aliphatic rings. The molecule has 0 radical (unpaired) electrons. The summed E-state index contributed by atoms with van der Waals surface area (Å²) >= 11 is 0. The van der Waals surface area contributed by atoms with E-state index < -0.39 is 0 Å². The van der Waals surface area contributed by atoms with Gasteiger partial charge < -0.3 is 20.7 Å². The zero-order valence-electron chi connectivity index (χ0n) is 11.3. The molecule has 6 heteroatoms. The summed E-state index contributed by atoms with van der Waals surface area (Å²) in [7, 11) is 1.37. The molecule has 1 saturated heterocycles. The fraction of sp³-hybridized carbons (Fsp3) is 0.538. The molecular weight excluding hydrogens is 244 g/mol. The molecule has 6 nitrogen and oxygen atoms in total. The van der Waals surface area contributed by atoms with E-state index in [1.807, 2.05) is 25.3 Å². The lowest BCUT2D eigenvalue weighted by atomic mass is 10.2. The second kappa shape index (κ2) is 5.88. The molecule has 1 aromatic rings. The molecule has 0 spiro atoms. The van der Waals surface area contributed by atoms with Crippen LogP contribution < -0.4 is 16.0 Å². The van der Waals surface area contributed by atoms with E-state index in [1.54, 1.807) is 0 Å². The van der Waals surface area contributed by atoms with Crippen molar-refractivity contribution in [2.75, 3.05) is 25.1 Å². The normalized spacial score (nSPS) is 20.2. The summed E-state index contributed by atoms with van der Waals surface area (Å²) < 4.78 is 4.60. The monoisotopic (exact) mass is 264 g/mol. The van der Waals surface area contributed by atoms with Crippen LogP contribution in [0.4, 0.5) is 10.5 Å². The Bertz CT molecular complexity index is 433. The van der Waals surface area contributed by atoms with E-state index in [2.05, 4.69) is 19.9 Å². The Kier molecular flexibility index (Phi) is 4.21. The number of ether oxygens (including phenoxy) is 1. The van der Waals surface area contributed by atoms with Gasteiger partial charge in [-0.15, -0.1) is 0 Å². The van der Waals surface area contributed by atoms with Gasteiger partial charge in [0.15, 0.2) is 0 Å². The van der Waals surface area contributed by atoms with Crippen molar-refractivity contribution in [2.24, 2.45) is 5.73 Å². The van der Waals surface area contributed by atoms with Crippen molar-refractivity contribution >= 4 is 11.8 Å². The molecule has 2 atom stereocenters. The predicted molar refractivity (Wildman–Crippen MR) is 73.0 cm³/mol. The van der Waals surface area contributed by atoms with Crippen LogP contribution in [0.15, 0.2) is 18.3 Å². The van der Waals surface area contributed by atoms with E-state index in [0.717, 1.165) is 30.9 Å². The number of methoxy groups -OCH3 is 1. The Hall–Kier alpha value is -1.82. The van der Waals surface area contributed by atoms with E-state index in [1.165, 1.54) is 7.11 Å². The molecule has 1 fully saturated rings. The number of nitrogens with two attached hydrogens (primary N) is 1. The Balaban J connectivity index is 1.95.